The highest BCUT2D eigenvalue weighted by atomic mass is 16.5. The smallest absolute Gasteiger partial charge is 0.335 e. The summed E-state index contributed by atoms with van der Waals surface area (Å²) in [5, 5.41) is 43.5. The van der Waals surface area contributed by atoms with Crippen LogP contribution in [0.25, 0.3) is 0 Å². The van der Waals surface area contributed by atoms with E-state index in [1.54, 1.807) is 7.11 Å². The Morgan fingerprint density at radius 2 is 1.64 bits per heavy atom. The van der Waals surface area contributed by atoms with Crippen LogP contribution in [0.2, 0.25) is 0 Å². The normalized spacial score (nSPS) is 16.2. The SMILES string of the molecule is CC[C@](O)(c1cccc(OC)c1)[C@@H](C)CN(C)C.O=C(O)[C@H](O)[C@@H](O)C(=O)O. The molecule has 0 saturated heterocycles. The second-order valence-corrected chi connectivity index (χ2v) is 6.74. The number of methoxy groups -OCH3 is 1. The van der Waals surface area contributed by atoms with Crippen molar-refractivity contribution in [1.29, 1.82) is 0 Å². The zero-order chi connectivity index (χ0) is 22.1. The molecule has 0 radical (unpaired) electrons. The first-order valence-electron chi connectivity index (χ1n) is 8.74. The molecule has 0 unspecified atom stereocenters. The van der Waals surface area contributed by atoms with E-state index in [0.717, 1.165) is 17.9 Å². The number of rotatable bonds is 9. The van der Waals surface area contributed by atoms with Gasteiger partial charge in [-0.2, -0.15) is 0 Å². The van der Waals surface area contributed by atoms with Gasteiger partial charge in [-0.1, -0.05) is 26.0 Å². The van der Waals surface area contributed by atoms with Crippen LogP contribution >= 0.6 is 0 Å². The number of carboxylic acid groups (broad SMARTS) is 2. The van der Waals surface area contributed by atoms with Gasteiger partial charge in [-0.25, -0.2) is 9.59 Å². The van der Waals surface area contributed by atoms with Crippen LogP contribution in [0.15, 0.2) is 24.3 Å². The molecule has 0 heterocycles. The third-order valence-electron chi connectivity index (χ3n) is 4.37. The number of hydrogen-bond donors (Lipinski definition) is 5. The Balaban J connectivity index is 0.000000621. The zero-order valence-electron chi connectivity index (χ0n) is 16.9. The van der Waals surface area contributed by atoms with Gasteiger partial charge < -0.3 is 35.2 Å². The molecule has 0 aliphatic heterocycles. The lowest BCUT2D eigenvalue weighted by molar-refractivity contribution is -0.165. The number of nitrogens with zero attached hydrogens (tertiary/aromatic N) is 1. The number of hydrogen-bond acceptors (Lipinski definition) is 7. The molecule has 0 aliphatic rings. The average molecular weight is 401 g/mol. The fourth-order valence-corrected chi connectivity index (χ4v) is 2.70. The molecular formula is C19H31NO8. The van der Waals surface area contributed by atoms with E-state index in [1.165, 1.54) is 0 Å². The van der Waals surface area contributed by atoms with Crippen LogP contribution in [0, 0.1) is 5.92 Å². The van der Waals surface area contributed by atoms with Gasteiger partial charge in [0.15, 0.2) is 12.2 Å². The maximum Gasteiger partial charge on any atom is 0.335 e. The van der Waals surface area contributed by atoms with Gasteiger partial charge in [-0.3, -0.25) is 0 Å². The van der Waals surface area contributed by atoms with Crippen molar-refractivity contribution in [3.63, 3.8) is 0 Å². The predicted molar refractivity (Wildman–Crippen MR) is 102 cm³/mol. The van der Waals surface area contributed by atoms with Crippen molar-refractivity contribution in [3.05, 3.63) is 29.8 Å². The number of benzene rings is 1. The Labute approximate surface area is 164 Å². The summed E-state index contributed by atoms with van der Waals surface area (Å²) in [5.74, 6) is -2.59. The summed E-state index contributed by atoms with van der Waals surface area (Å²) in [5.41, 5.74) is 0.123. The summed E-state index contributed by atoms with van der Waals surface area (Å²) in [6, 6.07) is 7.72. The monoisotopic (exact) mass is 401 g/mol. The summed E-state index contributed by atoms with van der Waals surface area (Å²) >= 11 is 0. The van der Waals surface area contributed by atoms with Gasteiger partial charge in [-0.15, -0.1) is 0 Å². The third kappa shape index (κ3) is 7.43. The van der Waals surface area contributed by atoms with Crippen LogP contribution < -0.4 is 4.74 Å². The van der Waals surface area contributed by atoms with E-state index < -0.39 is 29.7 Å². The highest BCUT2D eigenvalue weighted by molar-refractivity contribution is 5.83. The maximum absolute atomic E-state index is 10.9. The van der Waals surface area contributed by atoms with Gasteiger partial charge in [-0.05, 0) is 38.2 Å². The maximum atomic E-state index is 10.9. The number of carboxylic acids is 2. The molecule has 0 spiro atoms. The molecule has 0 fully saturated rings. The van der Waals surface area contributed by atoms with Crippen LogP contribution in [-0.4, -0.2) is 82.3 Å². The number of ether oxygens (including phenoxy) is 1. The second-order valence-electron chi connectivity index (χ2n) is 6.74. The van der Waals surface area contributed by atoms with Gasteiger partial charge in [0.25, 0.3) is 0 Å². The van der Waals surface area contributed by atoms with Crippen molar-refractivity contribution < 1.29 is 39.9 Å². The van der Waals surface area contributed by atoms with Crippen LogP contribution in [0.4, 0.5) is 0 Å². The number of aliphatic hydroxyl groups excluding tert-OH is 2. The first kappa shape index (κ1) is 25.8. The van der Waals surface area contributed by atoms with Crippen LogP contribution in [0.3, 0.4) is 0 Å². The highest BCUT2D eigenvalue weighted by Crippen LogP contribution is 2.34. The quantitative estimate of drug-likeness (QED) is 0.396. The van der Waals surface area contributed by atoms with Crippen molar-refractivity contribution >= 4 is 11.9 Å². The molecule has 1 aromatic carbocycles. The molecule has 0 aliphatic carbocycles. The fourth-order valence-electron chi connectivity index (χ4n) is 2.70. The molecule has 9 heteroatoms. The molecule has 9 nitrogen and oxygen atoms in total. The van der Waals surface area contributed by atoms with E-state index in [-0.39, 0.29) is 5.92 Å². The Morgan fingerprint density at radius 1 is 1.14 bits per heavy atom. The van der Waals surface area contributed by atoms with Gasteiger partial charge >= 0.3 is 11.9 Å². The summed E-state index contributed by atoms with van der Waals surface area (Å²) < 4.78 is 5.23. The van der Waals surface area contributed by atoms with Gasteiger partial charge in [0.2, 0.25) is 0 Å². The molecule has 0 aromatic heterocycles. The van der Waals surface area contributed by atoms with Gasteiger partial charge in [0, 0.05) is 12.5 Å². The van der Waals surface area contributed by atoms with E-state index in [1.807, 2.05) is 45.3 Å². The van der Waals surface area contributed by atoms with Crippen molar-refractivity contribution in [2.24, 2.45) is 5.92 Å². The molecule has 4 atom stereocenters. The van der Waals surface area contributed by atoms with Gasteiger partial charge in [0.1, 0.15) is 5.75 Å². The van der Waals surface area contributed by atoms with Crippen LogP contribution in [0.1, 0.15) is 25.8 Å². The minimum atomic E-state index is -2.27. The highest BCUT2D eigenvalue weighted by Gasteiger charge is 2.34. The molecule has 160 valence electrons. The molecule has 0 amide bonds. The van der Waals surface area contributed by atoms with Crippen molar-refractivity contribution in [2.75, 3.05) is 27.7 Å². The summed E-state index contributed by atoms with van der Waals surface area (Å²) in [4.78, 5) is 21.6. The summed E-state index contributed by atoms with van der Waals surface area (Å²) in [6.45, 7) is 4.95. The van der Waals surface area contributed by atoms with Gasteiger partial charge in [0.05, 0.1) is 12.7 Å². The van der Waals surface area contributed by atoms with Crippen LogP contribution in [0.5, 0.6) is 5.75 Å². The minimum Gasteiger partial charge on any atom is -0.497 e. The first-order valence-corrected chi connectivity index (χ1v) is 8.74. The Bertz CT molecular complexity index is 618. The second kappa shape index (κ2) is 11.6. The fraction of sp³-hybridized carbons (Fsp3) is 0.579. The molecule has 0 bridgehead atoms. The first-order chi connectivity index (χ1) is 12.9. The van der Waals surface area contributed by atoms with E-state index in [0.29, 0.717) is 6.42 Å². The largest absolute Gasteiger partial charge is 0.497 e. The minimum absolute atomic E-state index is 0.157. The molecular weight excluding hydrogens is 370 g/mol. The van der Waals surface area contributed by atoms with E-state index >= 15 is 0 Å². The number of aliphatic carboxylic acids is 2. The molecule has 1 aromatic rings. The Kier molecular flexibility index (Phi) is 10.7. The van der Waals surface area contributed by atoms with Crippen molar-refractivity contribution in [3.8, 4) is 5.75 Å². The molecule has 0 saturated carbocycles. The molecule has 1 rings (SSSR count). The number of aliphatic hydroxyl groups is 3. The van der Waals surface area contributed by atoms with Crippen molar-refractivity contribution in [2.45, 2.75) is 38.1 Å². The molecule has 28 heavy (non-hydrogen) atoms. The van der Waals surface area contributed by atoms with Crippen LogP contribution in [-0.2, 0) is 15.2 Å². The summed E-state index contributed by atoms with van der Waals surface area (Å²) in [6.07, 6.45) is -3.84. The Hall–Kier alpha value is -2.20. The average Bonchev–Trinajstić information content (AvgIpc) is 2.65. The topological polar surface area (TPSA) is 148 Å². The zero-order valence-corrected chi connectivity index (χ0v) is 16.9. The van der Waals surface area contributed by atoms with E-state index in [9.17, 15) is 14.7 Å². The number of carbonyl (C=O) groups is 2. The summed E-state index contributed by atoms with van der Waals surface area (Å²) in [7, 11) is 5.70. The Morgan fingerprint density at radius 3 is 2.00 bits per heavy atom. The van der Waals surface area contributed by atoms with E-state index in [4.69, 9.17) is 25.2 Å². The standard InChI is InChI=1S/C15H25NO2.C4H6O6/c1-6-15(17,12(2)11-16(3)4)13-8-7-9-14(10-13)18-5;5-1(3(7)8)2(6)4(9)10/h7-10,12,17H,6,11H2,1-5H3;1-2,5-6H,(H,7,8)(H,9,10)/t12-,15+;1-,2-/m01/s1. The lowest BCUT2D eigenvalue weighted by Gasteiger charge is -2.35. The molecule has 5 N–H and O–H groups in total. The van der Waals surface area contributed by atoms with Crippen molar-refractivity contribution in [1.82, 2.24) is 4.90 Å². The lowest BCUT2D eigenvalue weighted by atomic mass is 9.80. The third-order valence-corrected chi connectivity index (χ3v) is 4.37. The lowest BCUT2D eigenvalue weighted by Crippen LogP contribution is -2.39. The van der Waals surface area contributed by atoms with E-state index in [2.05, 4.69) is 11.8 Å². The predicted octanol–water partition coefficient (Wildman–Crippen LogP) is 0.368.